The summed E-state index contributed by atoms with van der Waals surface area (Å²) in [7, 11) is 0. The molecule has 7 aromatic carbocycles. The highest BCUT2D eigenvalue weighted by atomic mass is 32.1. The fourth-order valence-electron chi connectivity index (χ4n) is 6.50. The van der Waals surface area contributed by atoms with Crippen LogP contribution in [0.3, 0.4) is 0 Å². The van der Waals surface area contributed by atoms with E-state index in [1.54, 1.807) is 0 Å². The third-order valence-corrected chi connectivity index (χ3v) is 9.84. The van der Waals surface area contributed by atoms with Crippen LogP contribution in [0.1, 0.15) is 0 Å². The number of furan rings is 1. The molecule has 0 aliphatic carbocycles. The summed E-state index contributed by atoms with van der Waals surface area (Å²) in [6.45, 7) is 0. The van der Waals surface area contributed by atoms with Crippen LogP contribution in [0.25, 0.3) is 64.4 Å². The molecule has 2 heterocycles. The van der Waals surface area contributed by atoms with Gasteiger partial charge in [-0.05, 0) is 77.4 Å². The first-order chi connectivity index (χ1) is 22.3. The molecule has 9 aromatic rings. The van der Waals surface area contributed by atoms with E-state index in [1.165, 1.54) is 31.3 Å². The fraction of sp³-hybridized carbons (Fsp3) is 0. The Morgan fingerprint density at radius 2 is 1.00 bits per heavy atom. The van der Waals surface area contributed by atoms with Crippen molar-refractivity contribution in [3.05, 3.63) is 164 Å². The average Bonchev–Trinajstić information content (AvgIpc) is 3.68. The van der Waals surface area contributed by atoms with E-state index in [9.17, 15) is 0 Å². The fourth-order valence-corrected chi connectivity index (χ4v) is 7.58. The van der Waals surface area contributed by atoms with Crippen molar-refractivity contribution < 1.29 is 4.42 Å². The minimum Gasteiger partial charge on any atom is -0.455 e. The molecule has 0 unspecified atom stereocenters. The highest BCUT2D eigenvalue weighted by Gasteiger charge is 2.15. The molecule has 0 radical (unpaired) electrons. The van der Waals surface area contributed by atoms with Crippen molar-refractivity contribution >= 4 is 70.5 Å². The lowest BCUT2D eigenvalue weighted by atomic mass is 10.0. The van der Waals surface area contributed by atoms with Crippen LogP contribution in [0.4, 0.5) is 17.1 Å². The normalized spacial score (nSPS) is 11.6. The smallest absolute Gasteiger partial charge is 0.143 e. The Morgan fingerprint density at radius 3 is 1.80 bits per heavy atom. The van der Waals surface area contributed by atoms with Gasteiger partial charge in [0.15, 0.2) is 0 Å². The van der Waals surface area contributed by atoms with E-state index < -0.39 is 0 Å². The van der Waals surface area contributed by atoms with Gasteiger partial charge in [-0.2, -0.15) is 0 Å². The predicted molar refractivity (Wildman–Crippen MR) is 192 cm³/mol. The van der Waals surface area contributed by atoms with Gasteiger partial charge in [-0.15, -0.1) is 11.3 Å². The summed E-state index contributed by atoms with van der Waals surface area (Å²) in [5, 5.41) is 4.94. The van der Waals surface area contributed by atoms with Crippen molar-refractivity contribution in [1.82, 2.24) is 0 Å². The highest BCUT2D eigenvalue weighted by molar-refractivity contribution is 7.25. The predicted octanol–water partition coefficient (Wildman–Crippen LogP) is 12.8. The molecule has 0 aliphatic rings. The molecule has 2 aromatic heterocycles. The van der Waals surface area contributed by atoms with E-state index in [-0.39, 0.29) is 0 Å². The number of benzene rings is 7. The molecule has 0 aliphatic heterocycles. The number of hydrogen-bond donors (Lipinski definition) is 0. The monoisotopic (exact) mass is 593 g/mol. The highest BCUT2D eigenvalue weighted by Crippen LogP contribution is 2.40. The van der Waals surface area contributed by atoms with Gasteiger partial charge in [-0.1, -0.05) is 103 Å². The van der Waals surface area contributed by atoms with E-state index in [1.807, 2.05) is 23.5 Å². The topological polar surface area (TPSA) is 16.4 Å². The van der Waals surface area contributed by atoms with E-state index in [2.05, 4.69) is 157 Å². The van der Waals surface area contributed by atoms with Crippen molar-refractivity contribution in [1.29, 1.82) is 0 Å². The maximum atomic E-state index is 6.33. The zero-order valence-corrected chi connectivity index (χ0v) is 25.2. The minimum atomic E-state index is 0.916. The molecule has 0 saturated carbocycles. The zero-order valence-electron chi connectivity index (χ0n) is 24.4. The van der Waals surface area contributed by atoms with Crippen molar-refractivity contribution in [2.45, 2.75) is 0 Å². The molecule has 3 heteroatoms. The lowest BCUT2D eigenvalue weighted by Crippen LogP contribution is -2.09. The summed E-state index contributed by atoms with van der Waals surface area (Å²) in [4.78, 5) is 2.31. The third kappa shape index (κ3) is 4.40. The maximum Gasteiger partial charge on any atom is 0.143 e. The van der Waals surface area contributed by atoms with E-state index in [0.717, 1.165) is 50.1 Å². The number of para-hydroxylation sites is 3. The second kappa shape index (κ2) is 10.5. The molecular formula is C42H27NOS. The first-order valence-electron chi connectivity index (χ1n) is 15.2. The average molecular weight is 594 g/mol. The van der Waals surface area contributed by atoms with Gasteiger partial charge in [0.25, 0.3) is 0 Å². The summed E-state index contributed by atoms with van der Waals surface area (Å²) < 4.78 is 8.99. The standard InChI is InChI=1S/C42H27NOS/c1-2-9-31(10-3-1)43(32-22-17-28(18-23-32)30-21-26-41-38(27-30)36-12-5-7-16-40(36)45-41)33-24-19-29(20-25-33)34-13-8-14-37-35-11-4-6-15-39(35)44-42(34)37/h1-27H. The Hall–Kier alpha value is -5.64. The van der Waals surface area contributed by atoms with Crippen LogP contribution in [-0.2, 0) is 0 Å². The van der Waals surface area contributed by atoms with Gasteiger partial charge < -0.3 is 9.32 Å². The zero-order chi connectivity index (χ0) is 29.7. The summed E-state index contributed by atoms with van der Waals surface area (Å²) in [5.74, 6) is 0. The second-order valence-electron chi connectivity index (χ2n) is 11.4. The maximum absolute atomic E-state index is 6.33. The molecule has 0 saturated heterocycles. The molecule has 2 nitrogen and oxygen atoms in total. The molecule has 0 atom stereocenters. The number of rotatable bonds is 5. The second-order valence-corrected chi connectivity index (χ2v) is 12.4. The van der Waals surface area contributed by atoms with Crippen molar-refractivity contribution in [3.8, 4) is 22.3 Å². The van der Waals surface area contributed by atoms with Crippen LogP contribution in [0.5, 0.6) is 0 Å². The third-order valence-electron chi connectivity index (χ3n) is 8.69. The molecule has 212 valence electrons. The van der Waals surface area contributed by atoms with Crippen molar-refractivity contribution in [2.75, 3.05) is 4.90 Å². The molecule has 0 amide bonds. The van der Waals surface area contributed by atoms with Gasteiger partial charge in [0.1, 0.15) is 11.2 Å². The molecule has 9 rings (SSSR count). The van der Waals surface area contributed by atoms with Gasteiger partial charge in [0.2, 0.25) is 0 Å². The van der Waals surface area contributed by atoms with Crippen LogP contribution < -0.4 is 4.90 Å². The lowest BCUT2D eigenvalue weighted by molar-refractivity contribution is 0.670. The summed E-state index contributed by atoms with van der Waals surface area (Å²) in [6.07, 6.45) is 0. The van der Waals surface area contributed by atoms with Crippen LogP contribution in [0, 0.1) is 0 Å². The van der Waals surface area contributed by atoms with Gasteiger partial charge in [-0.25, -0.2) is 0 Å². The van der Waals surface area contributed by atoms with Crippen molar-refractivity contribution in [3.63, 3.8) is 0 Å². The van der Waals surface area contributed by atoms with Gasteiger partial charge in [0, 0.05) is 53.6 Å². The number of nitrogens with zero attached hydrogens (tertiary/aromatic N) is 1. The van der Waals surface area contributed by atoms with Gasteiger partial charge in [-0.3, -0.25) is 0 Å². The Balaban J connectivity index is 1.09. The van der Waals surface area contributed by atoms with Crippen LogP contribution in [0.2, 0.25) is 0 Å². The number of thiophene rings is 1. The Labute approximate surface area is 265 Å². The van der Waals surface area contributed by atoms with Gasteiger partial charge in [0.05, 0.1) is 0 Å². The van der Waals surface area contributed by atoms with E-state index in [0.29, 0.717) is 0 Å². The minimum absolute atomic E-state index is 0.916. The lowest BCUT2D eigenvalue weighted by Gasteiger charge is -2.26. The van der Waals surface area contributed by atoms with Crippen LogP contribution >= 0.6 is 11.3 Å². The van der Waals surface area contributed by atoms with Crippen LogP contribution in [0.15, 0.2) is 168 Å². The van der Waals surface area contributed by atoms with Gasteiger partial charge >= 0.3 is 0 Å². The molecule has 0 bridgehead atoms. The Kier molecular flexibility index (Phi) is 6.03. The number of hydrogen-bond acceptors (Lipinski definition) is 3. The number of fused-ring (bicyclic) bond motifs is 6. The Bertz CT molecular complexity index is 2470. The SMILES string of the molecule is c1ccc(N(c2ccc(-c3ccc4sc5ccccc5c4c3)cc2)c2ccc(-c3cccc4c3oc3ccccc34)cc2)cc1. The summed E-state index contributed by atoms with van der Waals surface area (Å²) in [6, 6.07) is 58.4. The first kappa shape index (κ1) is 25.8. The van der Waals surface area contributed by atoms with Crippen LogP contribution in [-0.4, -0.2) is 0 Å². The molecule has 0 fully saturated rings. The quantitative estimate of drug-likeness (QED) is 0.197. The summed E-state index contributed by atoms with van der Waals surface area (Å²) in [5.41, 5.74) is 9.83. The largest absolute Gasteiger partial charge is 0.455 e. The van der Waals surface area contributed by atoms with Crippen molar-refractivity contribution in [2.24, 2.45) is 0 Å². The first-order valence-corrected chi connectivity index (χ1v) is 16.0. The molecule has 45 heavy (non-hydrogen) atoms. The van der Waals surface area contributed by atoms with E-state index in [4.69, 9.17) is 4.42 Å². The Morgan fingerprint density at radius 1 is 0.400 bits per heavy atom. The molecular weight excluding hydrogens is 567 g/mol. The van der Waals surface area contributed by atoms with E-state index >= 15 is 0 Å². The molecule has 0 N–H and O–H groups in total. The summed E-state index contributed by atoms with van der Waals surface area (Å²) >= 11 is 1.86. The molecule has 0 spiro atoms. The number of anilines is 3.